The largest absolute Gasteiger partial charge is 0.437 e. The minimum Gasteiger partial charge on any atom is -0.392 e. The normalized spacial score (nSPS) is 22.2. The van der Waals surface area contributed by atoms with Gasteiger partial charge in [-0.05, 0) is 12.0 Å². The Labute approximate surface area is 115 Å². The summed E-state index contributed by atoms with van der Waals surface area (Å²) in [5.41, 5.74) is 1.16. The van der Waals surface area contributed by atoms with Crippen molar-refractivity contribution in [1.29, 1.82) is 0 Å². The molecule has 1 aromatic heterocycles. The van der Waals surface area contributed by atoms with Gasteiger partial charge in [-0.3, -0.25) is 0 Å². The Bertz CT molecular complexity index is 620. The molecule has 1 fully saturated rings. The Morgan fingerprint density at radius 2 is 2.05 bits per heavy atom. The molecule has 1 aliphatic rings. The first-order valence-electron chi connectivity index (χ1n) is 6.62. The number of hydrogen-bond acceptors (Lipinski definition) is 5. The summed E-state index contributed by atoms with van der Waals surface area (Å²) in [6.07, 6.45) is 0.597. The van der Waals surface area contributed by atoms with Gasteiger partial charge in [-0.15, -0.1) is 5.10 Å². The fourth-order valence-corrected chi connectivity index (χ4v) is 2.30. The lowest BCUT2D eigenvalue weighted by atomic mass is 10.1. The number of rotatable bonds is 4. The fraction of sp³-hybridized carbons (Fsp3) is 0.429. The van der Waals surface area contributed by atoms with Gasteiger partial charge in [0.25, 0.3) is 0 Å². The summed E-state index contributed by atoms with van der Waals surface area (Å²) in [5, 5.41) is 13.9. The molecule has 0 spiro atoms. The van der Waals surface area contributed by atoms with E-state index in [0.717, 1.165) is 12.0 Å². The van der Waals surface area contributed by atoms with Crippen LogP contribution in [0.2, 0.25) is 0 Å². The predicted octanol–water partition coefficient (Wildman–Crippen LogP) is 0.554. The molecule has 0 radical (unpaired) electrons. The molecule has 2 heterocycles. The van der Waals surface area contributed by atoms with Crippen LogP contribution in [0.5, 0.6) is 0 Å². The third-order valence-corrected chi connectivity index (χ3v) is 3.42. The molecule has 1 aliphatic heterocycles. The highest BCUT2D eigenvalue weighted by Gasteiger charge is 2.31. The maximum absolute atomic E-state index is 11.8. The zero-order valence-electron chi connectivity index (χ0n) is 10.9. The van der Waals surface area contributed by atoms with Crippen LogP contribution < -0.4 is 5.76 Å². The van der Waals surface area contributed by atoms with Crippen molar-refractivity contribution in [3.8, 4) is 0 Å². The van der Waals surface area contributed by atoms with Crippen LogP contribution >= 0.6 is 0 Å². The Kier molecular flexibility index (Phi) is 3.66. The van der Waals surface area contributed by atoms with Crippen molar-refractivity contribution in [3.05, 3.63) is 52.3 Å². The number of aromatic nitrogens is 2. The van der Waals surface area contributed by atoms with E-state index in [2.05, 4.69) is 5.10 Å². The Morgan fingerprint density at radius 3 is 2.75 bits per heavy atom. The van der Waals surface area contributed by atoms with Gasteiger partial charge in [0, 0.05) is 6.42 Å². The molecule has 6 heteroatoms. The minimum atomic E-state index is -0.709. The van der Waals surface area contributed by atoms with Gasteiger partial charge < -0.3 is 14.3 Å². The highest BCUT2D eigenvalue weighted by molar-refractivity contribution is 5.15. The van der Waals surface area contributed by atoms with Gasteiger partial charge in [0.05, 0.1) is 13.2 Å². The van der Waals surface area contributed by atoms with Crippen molar-refractivity contribution in [2.45, 2.75) is 25.0 Å². The lowest BCUT2D eigenvalue weighted by Gasteiger charge is -2.09. The molecular weight excluding hydrogens is 260 g/mol. The standard InChI is InChI=1S/C14H16N2O4/c17-12-9-19-8-11(12)16-14(18)20-13(15-16)7-6-10-4-2-1-3-5-10/h1-5,11-12,17H,6-9H2/t11-,12-/m1/s1. The van der Waals surface area contributed by atoms with E-state index in [-0.39, 0.29) is 13.2 Å². The molecule has 0 unspecified atom stereocenters. The van der Waals surface area contributed by atoms with Crippen LogP contribution in [0, 0.1) is 0 Å². The minimum absolute atomic E-state index is 0.226. The SMILES string of the molecule is O=c1oc(CCc2ccccc2)nn1[C@@H]1COC[C@H]1O. The molecule has 0 bridgehead atoms. The molecule has 0 amide bonds. The van der Waals surface area contributed by atoms with Crippen molar-refractivity contribution < 1.29 is 14.3 Å². The van der Waals surface area contributed by atoms with Crippen molar-refractivity contribution >= 4 is 0 Å². The number of ether oxygens (including phenoxy) is 1. The predicted molar refractivity (Wildman–Crippen MR) is 70.5 cm³/mol. The number of aliphatic hydroxyl groups is 1. The van der Waals surface area contributed by atoms with Crippen LogP contribution in [0.3, 0.4) is 0 Å². The van der Waals surface area contributed by atoms with Gasteiger partial charge in [0.2, 0.25) is 5.89 Å². The third-order valence-electron chi connectivity index (χ3n) is 3.42. The number of aliphatic hydroxyl groups excluding tert-OH is 1. The van der Waals surface area contributed by atoms with E-state index in [4.69, 9.17) is 9.15 Å². The molecular formula is C14H16N2O4. The fourth-order valence-electron chi connectivity index (χ4n) is 2.30. The number of aryl methyl sites for hydroxylation is 2. The van der Waals surface area contributed by atoms with Gasteiger partial charge in [-0.1, -0.05) is 30.3 Å². The lowest BCUT2D eigenvalue weighted by Crippen LogP contribution is -2.30. The molecule has 6 nitrogen and oxygen atoms in total. The number of hydrogen-bond donors (Lipinski definition) is 1. The number of benzene rings is 1. The summed E-state index contributed by atoms with van der Waals surface area (Å²) in [4.78, 5) is 11.8. The Balaban J connectivity index is 1.71. The van der Waals surface area contributed by atoms with E-state index in [1.165, 1.54) is 4.68 Å². The second kappa shape index (κ2) is 5.60. The van der Waals surface area contributed by atoms with Gasteiger partial charge in [-0.2, -0.15) is 4.68 Å². The summed E-state index contributed by atoms with van der Waals surface area (Å²) in [5.74, 6) is -0.152. The average Bonchev–Trinajstić information content (AvgIpc) is 3.03. The summed E-state index contributed by atoms with van der Waals surface area (Å²) in [6.45, 7) is 0.509. The van der Waals surface area contributed by atoms with E-state index in [0.29, 0.717) is 12.3 Å². The van der Waals surface area contributed by atoms with Gasteiger partial charge in [0.1, 0.15) is 12.1 Å². The van der Waals surface area contributed by atoms with Crippen LogP contribution in [0.1, 0.15) is 17.5 Å². The van der Waals surface area contributed by atoms with Crippen molar-refractivity contribution in [1.82, 2.24) is 9.78 Å². The molecule has 20 heavy (non-hydrogen) atoms. The Morgan fingerprint density at radius 1 is 1.25 bits per heavy atom. The van der Waals surface area contributed by atoms with Crippen LogP contribution in [-0.4, -0.2) is 34.2 Å². The Hall–Kier alpha value is -1.92. The van der Waals surface area contributed by atoms with Crippen LogP contribution in [0.15, 0.2) is 39.5 Å². The summed E-state index contributed by atoms with van der Waals surface area (Å²) in [7, 11) is 0. The van der Waals surface area contributed by atoms with Crippen molar-refractivity contribution in [3.63, 3.8) is 0 Å². The summed E-state index contributed by atoms with van der Waals surface area (Å²) < 4.78 is 11.4. The highest BCUT2D eigenvalue weighted by Crippen LogP contribution is 2.17. The van der Waals surface area contributed by atoms with Gasteiger partial charge in [-0.25, -0.2) is 4.79 Å². The first-order chi connectivity index (χ1) is 9.74. The van der Waals surface area contributed by atoms with Crippen LogP contribution in [0.25, 0.3) is 0 Å². The topological polar surface area (TPSA) is 77.5 Å². The first kappa shape index (κ1) is 13.1. The molecule has 2 atom stereocenters. The van der Waals surface area contributed by atoms with E-state index in [9.17, 15) is 9.90 Å². The van der Waals surface area contributed by atoms with Crippen LogP contribution in [0.4, 0.5) is 0 Å². The quantitative estimate of drug-likeness (QED) is 0.882. The van der Waals surface area contributed by atoms with E-state index in [1.807, 2.05) is 30.3 Å². The van der Waals surface area contributed by atoms with Crippen molar-refractivity contribution in [2.24, 2.45) is 0 Å². The zero-order chi connectivity index (χ0) is 13.9. The monoisotopic (exact) mass is 276 g/mol. The molecule has 1 saturated heterocycles. The molecule has 2 aromatic rings. The molecule has 1 aromatic carbocycles. The third kappa shape index (κ3) is 2.66. The van der Waals surface area contributed by atoms with Gasteiger partial charge in [0.15, 0.2) is 0 Å². The molecule has 0 saturated carbocycles. The summed E-state index contributed by atoms with van der Waals surface area (Å²) in [6, 6.07) is 9.48. The highest BCUT2D eigenvalue weighted by atomic mass is 16.5. The second-order valence-corrected chi connectivity index (χ2v) is 4.86. The molecule has 3 rings (SSSR count). The number of nitrogens with zero attached hydrogens (tertiary/aromatic N) is 2. The second-order valence-electron chi connectivity index (χ2n) is 4.86. The average molecular weight is 276 g/mol. The van der Waals surface area contributed by atoms with Crippen molar-refractivity contribution in [2.75, 3.05) is 13.2 Å². The molecule has 1 N–H and O–H groups in total. The van der Waals surface area contributed by atoms with E-state index < -0.39 is 17.9 Å². The lowest BCUT2D eigenvalue weighted by molar-refractivity contribution is 0.117. The molecule has 0 aliphatic carbocycles. The maximum Gasteiger partial charge on any atom is 0.437 e. The van der Waals surface area contributed by atoms with E-state index >= 15 is 0 Å². The smallest absolute Gasteiger partial charge is 0.392 e. The first-order valence-corrected chi connectivity index (χ1v) is 6.62. The summed E-state index contributed by atoms with van der Waals surface area (Å²) >= 11 is 0. The van der Waals surface area contributed by atoms with Crippen LogP contribution in [-0.2, 0) is 17.6 Å². The zero-order valence-corrected chi connectivity index (χ0v) is 10.9. The van der Waals surface area contributed by atoms with Gasteiger partial charge >= 0.3 is 5.76 Å². The molecule has 106 valence electrons. The maximum atomic E-state index is 11.8. The van der Waals surface area contributed by atoms with E-state index in [1.54, 1.807) is 0 Å².